The molecule has 0 N–H and O–H groups in total. The molecule has 0 aromatic heterocycles. The predicted molar refractivity (Wildman–Crippen MR) is 155 cm³/mol. The normalized spacial score (nSPS) is 34.4. The van der Waals surface area contributed by atoms with Crippen molar-refractivity contribution in [1.29, 1.82) is 0 Å². The van der Waals surface area contributed by atoms with Gasteiger partial charge in [-0.2, -0.15) is 0 Å². The third-order valence-corrected chi connectivity index (χ3v) is 10.4. The van der Waals surface area contributed by atoms with Gasteiger partial charge < -0.3 is 24.3 Å². The van der Waals surface area contributed by atoms with Gasteiger partial charge in [0.05, 0.1) is 12.0 Å². The molecule has 4 saturated heterocycles. The van der Waals surface area contributed by atoms with E-state index in [-0.39, 0.29) is 47.4 Å². The van der Waals surface area contributed by atoms with Crippen LogP contribution in [0.25, 0.3) is 0 Å². The maximum Gasteiger partial charge on any atom is 0.252 e. The van der Waals surface area contributed by atoms with Crippen molar-refractivity contribution in [3.8, 4) is 0 Å². The lowest BCUT2D eigenvalue weighted by Crippen LogP contribution is -2.54. The Balaban J connectivity index is 1.39. The quantitative estimate of drug-likeness (QED) is 0.515. The number of carbonyl (C=O) groups excluding carboxylic acids is 3. The summed E-state index contributed by atoms with van der Waals surface area (Å²) in [7, 11) is 2.09. The van der Waals surface area contributed by atoms with E-state index in [2.05, 4.69) is 49.4 Å². The van der Waals surface area contributed by atoms with Gasteiger partial charge in [-0.25, -0.2) is 0 Å². The zero-order valence-corrected chi connectivity index (χ0v) is 25.6. The molecule has 0 spiro atoms. The first kappa shape index (κ1) is 29.8. The highest BCUT2D eigenvalue weighted by Gasteiger charge is 2.49. The van der Waals surface area contributed by atoms with E-state index >= 15 is 0 Å². The fourth-order valence-electron chi connectivity index (χ4n) is 7.65. The number of rotatable bonds is 5. The molecule has 1 saturated carbocycles. The minimum atomic E-state index is -0.494. The van der Waals surface area contributed by atoms with Gasteiger partial charge in [-0.3, -0.25) is 19.3 Å². The van der Waals surface area contributed by atoms with Crippen molar-refractivity contribution < 1.29 is 19.1 Å². The average Bonchev–Trinajstić information content (AvgIpc) is 3.70. The molecule has 5 rings (SSSR count). The Labute approximate surface area is 241 Å². The second kappa shape index (κ2) is 12.3. The van der Waals surface area contributed by atoms with Gasteiger partial charge in [0.2, 0.25) is 11.8 Å². The number of carbonyl (C=O) groups is 3. The Morgan fingerprint density at radius 3 is 2.12 bits per heavy atom. The summed E-state index contributed by atoms with van der Waals surface area (Å²) in [5.41, 5.74) is 0.0141. The number of hydrogen-bond acceptors (Lipinski definition) is 6. The number of nitrogens with zero attached hydrogens (tertiary/aromatic N) is 5. The van der Waals surface area contributed by atoms with Crippen molar-refractivity contribution >= 4 is 17.7 Å². The maximum atomic E-state index is 14.2. The molecule has 0 bridgehead atoms. The summed E-state index contributed by atoms with van der Waals surface area (Å²) in [6.45, 7) is 14.7. The van der Waals surface area contributed by atoms with Crippen molar-refractivity contribution in [2.45, 2.75) is 109 Å². The molecule has 0 aromatic rings. The molecule has 0 unspecified atom stereocenters. The molecule has 0 radical (unpaired) electrons. The van der Waals surface area contributed by atoms with Crippen LogP contribution in [0.2, 0.25) is 0 Å². The molecular weight excluding hydrogens is 506 g/mol. The highest BCUT2D eigenvalue weighted by atomic mass is 16.5. The summed E-state index contributed by atoms with van der Waals surface area (Å²) in [5, 5.41) is 0. The van der Waals surface area contributed by atoms with E-state index in [1.54, 1.807) is 0 Å². The summed E-state index contributed by atoms with van der Waals surface area (Å²) < 4.78 is 5.89. The lowest BCUT2D eigenvalue weighted by atomic mass is 9.85. The Morgan fingerprint density at radius 1 is 0.825 bits per heavy atom. The summed E-state index contributed by atoms with van der Waals surface area (Å²) in [6.07, 6.45) is 6.87. The monoisotopic (exact) mass is 559 g/mol. The van der Waals surface area contributed by atoms with Gasteiger partial charge in [0.1, 0.15) is 12.1 Å². The van der Waals surface area contributed by atoms with Crippen molar-refractivity contribution in [3.63, 3.8) is 0 Å². The molecule has 9 heteroatoms. The average molecular weight is 560 g/mol. The van der Waals surface area contributed by atoms with Gasteiger partial charge >= 0.3 is 0 Å². The van der Waals surface area contributed by atoms with Gasteiger partial charge in [-0.15, -0.1) is 0 Å². The van der Waals surface area contributed by atoms with Gasteiger partial charge in [0.25, 0.3) is 5.91 Å². The molecule has 226 valence electrons. The summed E-state index contributed by atoms with van der Waals surface area (Å²) in [4.78, 5) is 52.8. The zero-order chi connectivity index (χ0) is 28.6. The topological polar surface area (TPSA) is 76.6 Å². The molecule has 4 aliphatic heterocycles. The zero-order valence-electron chi connectivity index (χ0n) is 25.6. The fourth-order valence-corrected chi connectivity index (χ4v) is 7.65. The smallest absolute Gasteiger partial charge is 0.252 e. The second-order valence-corrected chi connectivity index (χ2v) is 14.3. The van der Waals surface area contributed by atoms with Crippen LogP contribution in [-0.2, 0) is 19.1 Å². The number of amides is 3. The van der Waals surface area contributed by atoms with Crippen LogP contribution in [0.3, 0.4) is 0 Å². The van der Waals surface area contributed by atoms with Crippen LogP contribution >= 0.6 is 0 Å². The molecule has 4 heterocycles. The highest BCUT2D eigenvalue weighted by Crippen LogP contribution is 2.36. The van der Waals surface area contributed by atoms with E-state index in [9.17, 15) is 14.4 Å². The number of piperazine rings is 1. The molecular formula is C31H53N5O4. The Morgan fingerprint density at radius 2 is 1.52 bits per heavy atom. The molecule has 5 fully saturated rings. The molecule has 5 aliphatic rings. The van der Waals surface area contributed by atoms with E-state index in [1.165, 1.54) is 0 Å². The molecule has 3 amide bonds. The molecule has 4 atom stereocenters. The summed E-state index contributed by atoms with van der Waals surface area (Å²) in [5.74, 6) is 0.831. The number of likely N-dealkylation sites (N-methyl/N-ethyl adjacent to an activating group) is 1. The van der Waals surface area contributed by atoms with E-state index in [0.717, 1.165) is 71.1 Å². The summed E-state index contributed by atoms with van der Waals surface area (Å²) in [6, 6.07) is -0.470. The van der Waals surface area contributed by atoms with Crippen LogP contribution in [0.5, 0.6) is 0 Å². The van der Waals surface area contributed by atoms with Crippen molar-refractivity contribution in [1.82, 2.24) is 24.5 Å². The Hall–Kier alpha value is -1.71. The van der Waals surface area contributed by atoms with E-state index < -0.39 is 6.04 Å². The molecule has 9 nitrogen and oxygen atoms in total. The molecule has 40 heavy (non-hydrogen) atoms. The van der Waals surface area contributed by atoms with Crippen molar-refractivity contribution in [2.75, 3.05) is 59.5 Å². The van der Waals surface area contributed by atoms with Crippen molar-refractivity contribution in [2.24, 2.45) is 11.8 Å². The Kier molecular flexibility index (Phi) is 9.12. The van der Waals surface area contributed by atoms with Crippen LogP contribution < -0.4 is 0 Å². The Bertz CT molecular complexity index is 915. The maximum absolute atomic E-state index is 14.2. The first-order valence-corrected chi connectivity index (χ1v) is 16.0. The van der Waals surface area contributed by atoms with Crippen LogP contribution in [0.1, 0.15) is 79.1 Å². The predicted octanol–water partition coefficient (Wildman–Crippen LogP) is 2.44. The van der Waals surface area contributed by atoms with Gasteiger partial charge in [0, 0.05) is 57.5 Å². The van der Waals surface area contributed by atoms with Gasteiger partial charge in [-0.1, -0.05) is 6.92 Å². The molecule has 1 aliphatic carbocycles. The first-order chi connectivity index (χ1) is 19.0. The van der Waals surface area contributed by atoms with Crippen LogP contribution in [0, 0.1) is 11.8 Å². The van der Waals surface area contributed by atoms with Gasteiger partial charge in [-0.05, 0) is 91.6 Å². The third kappa shape index (κ3) is 6.36. The largest absolute Gasteiger partial charge is 0.368 e. The van der Waals surface area contributed by atoms with Crippen molar-refractivity contribution in [3.05, 3.63) is 0 Å². The van der Waals surface area contributed by atoms with E-state index in [4.69, 9.17) is 4.74 Å². The number of hydrogen-bond donors (Lipinski definition) is 0. The standard InChI is InChI=1S/C31H53N5O4/c1-22-8-10-24(11-9-22)36(30(39)27-7-6-18-40-27)25-19-26(29(38)33-16-14-32(5)15-17-33)35(21-25)28(37)23-12-13-34(20-23)31(2,3)4/h22-27H,6-21H2,1-5H3/t22-,23-,24+,25-,26-,27-/m0/s1. The minimum absolute atomic E-state index is 0.0141. The lowest BCUT2D eigenvalue weighted by molar-refractivity contribution is -0.148. The highest BCUT2D eigenvalue weighted by molar-refractivity contribution is 5.90. The lowest BCUT2D eigenvalue weighted by Gasteiger charge is -2.41. The van der Waals surface area contributed by atoms with E-state index in [0.29, 0.717) is 38.6 Å². The molecule has 0 aromatic carbocycles. The SMILES string of the molecule is CN1CCN(C(=O)[C@@H]2C[C@H](N(C(=O)[C@@H]3CCCO3)[C@H]3CC[C@@H](C)CC3)CN2C(=O)[C@H]2CCN(C(C)(C)C)C2)CC1. The summed E-state index contributed by atoms with van der Waals surface area (Å²) >= 11 is 0. The van der Waals surface area contributed by atoms with E-state index in [1.807, 2.05) is 9.80 Å². The van der Waals surface area contributed by atoms with Crippen LogP contribution in [0.15, 0.2) is 0 Å². The minimum Gasteiger partial charge on any atom is -0.368 e. The number of likely N-dealkylation sites (tertiary alicyclic amines) is 2. The van der Waals surface area contributed by atoms with Crippen LogP contribution in [-0.4, -0.2) is 131 Å². The third-order valence-electron chi connectivity index (χ3n) is 10.4. The number of ether oxygens (including phenoxy) is 1. The first-order valence-electron chi connectivity index (χ1n) is 16.0. The van der Waals surface area contributed by atoms with Crippen LogP contribution in [0.4, 0.5) is 0 Å². The van der Waals surface area contributed by atoms with Gasteiger partial charge in [0.15, 0.2) is 0 Å². The second-order valence-electron chi connectivity index (χ2n) is 14.3. The fraction of sp³-hybridized carbons (Fsp3) is 0.903.